The zero-order valence-electron chi connectivity index (χ0n) is 7.49. The van der Waals surface area contributed by atoms with Crippen LogP contribution in [0.25, 0.3) is 0 Å². The van der Waals surface area contributed by atoms with E-state index in [1.807, 2.05) is 18.2 Å². The van der Waals surface area contributed by atoms with Crippen molar-refractivity contribution in [1.29, 1.82) is 0 Å². The summed E-state index contributed by atoms with van der Waals surface area (Å²) in [4.78, 5) is 11.3. The van der Waals surface area contributed by atoms with Crippen molar-refractivity contribution in [2.75, 3.05) is 0 Å². The molecule has 0 spiro atoms. The van der Waals surface area contributed by atoms with Crippen LogP contribution in [0.1, 0.15) is 12.0 Å². The number of hydrogen-bond donors (Lipinski definition) is 0. The molecule has 13 heavy (non-hydrogen) atoms. The van der Waals surface area contributed by atoms with Crippen molar-refractivity contribution < 1.29 is 4.79 Å². The second kappa shape index (κ2) is 3.17. The maximum absolute atomic E-state index is 11.3. The second-order valence-corrected chi connectivity index (χ2v) is 3.56. The van der Waals surface area contributed by atoms with Crippen molar-refractivity contribution in [3.63, 3.8) is 0 Å². The Hall–Kier alpha value is -1.37. The summed E-state index contributed by atoms with van der Waals surface area (Å²) in [7, 11) is 0. The summed E-state index contributed by atoms with van der Waals surface area (Å²) >= 11 is 0. The minimum absolute atomic E-state index is 0.204. The molecule has 1 nitrogen and oxygen atoms in total. The van der Waals surface area contributed by atoms with Gasteiger partial charge in [0.2, 0.25) is 0 Å². The van der Waals surface area contributed by atoms with Gasteiger partial charge >= 0.3 is 0 Å². The molecule has 0 aliphatic heterocycles. The lowest BCUT2D eigenvalue weighted by atomic mass is 9.76. The highest BCUT2D eigenvalue weighted by Gasteiger charge is 2.31. The van der Waals surface area contributed by atoms with Crippen LogP contribution >= 0.6 is 0 Å². The van der Waals surface area contributed by atoms with Gasteiger partial charge in [-0.3, -0.25) is 4.79 Å². The van der Waals surface area contributed by atoms with E-state index in [1.165, 1.54) is 5.56 Å². The summed E-state index contributed by atoms with van der Waals surface area (Å²) in [5, 5.41) is 0. The van der Waals surface area contributed by atoms with Crippen LogP contribution < -0.4 is 0 Å². The molecule has 0 N–H and O–H groups in total. The first kappa shape index (κ1) is 8.24. The minimum atomic E-state index is 0.204. The Morgan fingerprint density at radius 2 is 2.00 bits per heavy atom. The van der Waals surface area contributed by atoms with E-state index >= 15 is 0 Å². The zero-order chi connectivity index (χ0) is 9.26. The van der Waals surface area contributed by atoms with E-state index in [0.717, 1.165) is 18.4 Å². The van der Waals surface area contributed by atoms with E-state index in [-0.39, 0.29) is 11.7 Å². The van der Waals surface area contributed by atoms with Gasteiger partial charge in [0, 0.05) is 5.92 Å². The smallest absolute Gasteiger partial charge is 0.162 e. The Bertz CT molecular complexity index is 337. The molecule has 0 bridgehead atoms. The van der Waals surface area contributed by atoms with E-state index in [9.17, 15) is 4.79 Å². The zero-order valence-corrected chi connectivity index (χ0v) is 7.49. The quantitative estimate of drug-likeness (QED) is 0.626. The average Bonchev–Trinajstić information content (AvgIpc) is 2.19. The lowest BCUT2D eigenvalue weighted by Gasteiger charge is -2.26. The fourth-order valence-electron chi connectivity index (χ4n) is 1.71. The number of ketones is 1. The van der Waals surface area contributed by atoms with Crippen LogP contribution in [0.15, 0.2) is 42.5 Å². The Labute approximate surface area is 78.1 Å². The normalized spacial score (nSPS) is 21.4. The Morgan fingerprint density at radius 3 is 2.54 bits per heavy atom. The third kappa shape index (κ3) is 1.55. The largest absolute Gasteiger partial charge is 0.294 e. The van der Waals surface area contributed by atoms with Gasteiger partial charge in [-0.15, -0.1) is 0 Å². The molecule has 1 unspecified atom stereocenters. The van der Waals surface area contributed by atoms with Crippen molar-refractivity contribution in [2.45, 2.75) is 12.8 Å². The Balaban J connectivity index is 2.01. The van der Waals surface area contributed by atoms with Crippen molar-refractivity contribution in [3.05, 3.63) is 48.0 Å². The lowest BCUT2D eigenvalue weighted by Crippen LogP contribution is -2.30. The fraction of sp³-hybridized carbons (Fsp3) is 0.250. The van der Waals surface area contributed by atoms with Crippen molar-refractivity contribution in [1.82, 2.24) is 0 Å². The molecule has 66 valence electrons. The highest BCUT2D eigenvalue weighted by Crippen LogP contribution is 2.30. The van der Waals surface area contributed by atoms with Crippen LogP contribution in [0, 0.1) is 5.92 Å². The Morgan fingerprint density at radius 1 is 1.31 bits per heavy atom. The van der Waals surface area contributed by atoms with Gasteiger partial charge in [0.25, 0.3) is 0 Å². The first-order chi connectivity index (χ1) is 6.27. The fourth-order valence-corrected chi connectivity index (χ4v) is 1.71. The molecule has 2 rings (SSSR count). The van der Waals surface area contributed by atoms with Crippen LogP contribution in [0.3, 0.4) is 0 Å². The van der Waals surface area contributed by atoms with Crippen LogP contribution in [-0.4, -0.2) is 5.78 Å². The molecule has 1 fully saturated rings. The van der Waals surface area contributed by atoms with Gasteiger partial charge in [0.15, 0.2) is 5.78 Å². The second-order valence-electron chi connectivity index (χ2n) is 3.56. The molecular weight excluding hydrogens is 160 g/mol. The minimum Gasteiger partial charge on any atom is -0.294 e. The molecule has 0 saturated heterocycles. The first-order valence-electron chi connectivity index (χ1n) is 4.53. The molecule has 1 aliphatic rings. The molecule has 1 aromatic carbocycles. The highest BCUT2D eigenvalue weighted by molar-refractivity contribution is 6.03. The molecule has 0 radical (unpaired) electrons. The molecule has 0 heterocycles. The molecule has 1 saturated carbocycles. The molecule has 1 atom stereocenters. The SMILES string of the molecule is C=C1CC(Cc2ccccc2)C1=O. The summed E-state index contributed by atoms with van der Waals surface area (Å²) in [5.41, 5.74) is 2.04. The number of Topliss-reactive ketones (excluding diaryl/α,β-unsaturated/α-hetero) is 1. The van der Waals surface area contributed by atoms with Gasteiger partial charge in [0.1, 0.15) is 0 Å². The summed E-state index contributed by atoms with van der Waals surface area (Å²) in [5.74, 6) is 0.457. The van der Waals surface area contributed by atoms with Crippen molar-refractivity contribution in [2.24, 2.45) is 5.92 Å². The van der Waals surface area contributed by atoms with Gasteiger partial charge in [-0.1, -0.05) is 36.9 Å². The molecule has 1 heteroatoms. The van der Waals surface area contributed by atoms with Gasteiger partial charge in [-0.05, 0) is 24.0 Å². The van der Waals surface area contributed by atoms with E-state index in [1.54, 1.807) is 0 Å². The van der Waals surface area contributed by atoms with Crippen molar-refractivity contribution >= 4 is 5.78 Å². The topological polar surface area (TPSA) is 17.1 Å². The molecule has 0 amide bonds. The van der Waals surface area contributed by atoms with E-state index in [2.05, 4.69) is 18.7 Å². The maximum Gasteiger partial charge on any atom is 0.162 e. The standard InChI is InChI=1S/C12H12O/c1-9-7-11(12(9)13)8-10-5-3-2-4-6-10/h2-6,11H,1,7-8H2. The van der Waals surface area contributed by atoms with Gasteiger partial charge in [0.05, 0.1) is 0 Å². The van der Waals surface area contributed by atoms with E-state index in [4.69, 9.17) is 0 Å². The molecule has 1 aromatic rings. The predicted octanol–water partition coefficient (Wildman–Crippen LogP) is 2.37. The number of carbonyl (C=O) groups excluding carboxylic acids is 1. The van der Waals surface area contributed by atoms with E-state index < -0.39 is 0 Å². The summed E-state index contributed by atoms with van der Waals surface area (Å²) in [6.45, 7) is 3.68. The third-order valence-corrected chi connectivity index (χ3v) is 2.54. The predicted molar refractivity (Wildman–Crippen MR) is 52.4 cm³/mol. The molecule has 0 aromatic heterocycles. The molecular formula is C12H12O. The third-order valence-electron chi connectivity index (χ3n) is 2.54. The maximum atomic E-state index is 11.3. The lowest BCUT2D eigenvalue weighted by molar-refractivity contribution is -0.123. The monoisotopic (exact) mass is 172 g/mol. The van der Waals surface area contributed by atoms with E-state index in [0.29, 0.717) is 0 Å². The van der Waals surface area contributed by atoms with Gasteiger partial charge in [-0.25, -0.2) is 0 Å². The average molecular weight is 172 g/mol. The first-order valence-corrected chi connectivity index (χ1v) is 4.53. The van der Waals surface area contributed by atoms with Gasteiger partial charge in [-0.2, -0.15) is 0 Å². The van der Waals surface area contributed by atoms with Crippen molar-refractivity contribution in [3.8, 4) is 0 Å². The Kier molecular flexibility index (Phi) is 2.01. The van der Waals surface area contributed by atoms with Crippen LogP contribution in [0.2, 0.25) is 0 Å². The number of allylic oxidation sites excluding steroid dienone is 1. The number of hydrogen-bond acceptors (Lipinski definition) is 1. The molecule has 1 aliphatic carbocycles. The van der Waals surface area contributed by atoms with Crippen LogP contribution in [-0.2, 0) is 11.2 Å². The van der Waals surface area contributed by atoms with Gasteiger partial charge < -0.3 is 0 Å². The highest BCUT2D eigenvalue weighted by atomic mass is 16.1. The number of benzene rings is 1. The van der Waals surface area contributed by atoms with Crippen LogP contribution in [0.4, 0.5) is 0 Å². The summed E-state index contributed by atoms with van der Waals surface area (Å²) in [6.07, 6.45) is 1.76. The number of rotatable bonds is 2. The number of carbonyl (C=O) groups is 1. The summed E-state index contributed by atoms with van der Waals surface area (Å²) < 4.78 is 0. The summed E-state index contributed by atoms with van der Waals surface area (Å²) in [6, 6.07) is 10.1. The van der Waals surface area contributed by atoms with Crippen LogP contribution in [0.5, 0.6) is 0 Å².